The standard InChI is InChI=1S/C12H11FN2OS/c13-10-3-1-9(2-4-10)7-11(16)15-8-12-14-5-6-17-12/h1-6H,7-8H2,(H,15,16). The number of halogens is 1. The van der Waals surface area contributed by atoms with Crippen LogP contribution in [0.5, 0.6) is 0 Å². The quantitative estimate of drug-likeness (QED) is 0.903. The van der Waals surface area contributed by atoms with Crippen LogP contribution in [0.4, 0.5) is 4.39 Å². The van der Waals surface area contributed by atoms with Crippen molar-refractivity contribution >= 4 is 17.2 Å². The molecule has 0 unspecified atom stereocenters. The second-order valence-corrected chi connectivity index (χ2v) is 4.48. The molecule has 17 heavy (non-hydrogen) atoms. The fourth-order valence-corrected chi connectivity index (χ4v) is 1.92. The van der Waals surface area contributed by atoms with Crippen molar-refractivity contribution in [3.63, 3.8) is 0 Å². The van der Waals surface area contributed by atoms with E-state index in [1.54, 1.807) is 18.3 Å². The van der Waals surface area contributed by atoms with Gasteiger partial charge in [-0.05, 0) is 17.7 Å². The summed E-state index contributed by atoms with van der Waals surface area (Å²) in [5.41, 5.74) is 0.794. The lowest BCUT2D eigenvalue weighted by molar-refractivity contribution is -0.120. The molecule has 1 amide bonds. The van der Waals surface area contributed by atoms with Crippen molar-refractivity contribution in [2.75, 3.05) is 0 Å². The van der Waals surface area contributed by atoms with Crippen molar-refractivity contribution in [2.45, 2.75) is 13.0 Å². The molecule has 1 aromatic heterocycles. The molecule has 2 rings (SSSR count). The maximum Gasteiger partial charge on any atom is 0.224 e. The summed E-state index contributed by atoms with van der Waals surface area (Å²) in [5.74, 6) is -0.385. The summed E-state index contributed by atoms with van der Waals surface area (Å²) in [6, 6.07) is 5.92. The number of hydrogen-bond acceptors (Lipinski definition) is 3. The van der Waals surface area contributed by atoms with E-state index in [9.17, 15) is 9.18 Å². The molecule has 1 N–H and O–H groups in total. The van der Waals surface area contributed by atoms with E-state index in [0.29, 0.717) is 6.54 Å². The van der Waals surface area contributed by atoms with E-state index in [1.165, 1.54) is 23.5 Å². The first-order valence-electron chi connectivity index (χ1n) is 5.13. The van der Waals surface area contributed by atoms with Gasteiger partial charge >= 0.3 is 0 Å². The van der Waals surface area contributed by atoms with Crippen molar-refractivity contribution in [3.8, 4) is 0 Å². The van der Waals surface area contributed by atoms with Gasteiger partial charge in [-0.2, -0.15) is 0 Å². The van der Waals surface area contributed by atoms with Crippen molar-refractivity contribution in [1.29, 1.82) is 0 Å². The highest BCUT2D eigenvalue weighted by atomic mass is 32.1. The number of thiazole rings is 1. The Morgan fingerprint density at radius 3 is 2.76 bits per heavy atom. The Morgan fingerprint density at radius 2 is 2.12 bits per heavy atom. The van der Waals surface area contributed by atoms with Crippen LogP contribution in [0.3, 0.4) is 0 Å². The third-order valence-electron chi connectivity index (χ3n) is 2.20. The zero-order chi connectivity index (χ0) is 12.1. The lowest BCUT2D eigenvalue weighted by Crippen LogP contribution is -2.24. The second-order valence-electron chi connectivity index (χ2n) is 3.51. The van der Waals surface area contributed by atoms with Crippen LogP contribution in [-0.4, -0.2) is 10.9 Å². The van der Waals surface area contributed by atoms with Gasteiger partial charge in [0.15, 0.2) is 0 Å². The molecular weight excluding hydrogens is 239 g/mol. The minimum atomic E-state index is -0.294. The summed E-state index contributed by atoms with van der Waals surface area (Å²) >= 11 is 1.50. The minimum Gasteiger partial charge on any atom is -0.349 e. The van der Waals surface area contributed by atoms with E-state index in [2.05, 4.69) is 10.3 Å². The number of amides is 1. The minimum absolute atomic E-state index is 0.0909. The van der Waals surface area contributed by atoms with Crippen LogP contribution < -0.4 is 5.32 Å². The SMILES string of the molecule is O=C(Cc1ccc(F)cc1)NCc1nccs1. The maximum atomic E-state index is 12.7. The maximum absolute atomic E-state index is 12.7. The number of hydrogen-bond donors (Lipinski definition) is 1. The Kier molecular flexibility index (Phi) is 3.82. The molecule has 5 heteroatoms. The summed E-state index contributed by atoms with van der Waals surface area (Å²) in [6.07, 6.45) is 1.96. The van der Waals surface area contributed by atoms with Gasteiger partial charge in [0.05, 0.1) is 13.0 Å². The molecule has 1 heterocycles. The van der Waals surface area contributed by atoms with Crippen LogP contribution in [0.2, 0.25) is 0 Å². The largest absolute Gasteiger partial charge is 0.349 e. The van der Waals surface area contributed by atoms with Crippen LogP contribution in [0, 0.1) is 5.82 Å². The van der Waals surface area contributed by atoms with E-state index in [-0.39, 0.29) is 18.1 Å². The monoisotopic (exact) mass is 250 g/mol. The topological polar surface area (TPSA) is 42.0 Å². The van der Waals surface area contributed by atoms with Crippen LogP contribution in [0.25, 0.3) is 0 Å². The van der Waals surface area contributed by atoms with Crippen molar-refractivity contribution in [1.82, 2.24) is 10.3 Å². The molecule has 3 nitrogen and oxygen atoms in total. The molecule has 0 atom stereocenters. The fourth-order valence-electron chi connectivity index (χ4n) is 1.36. The number of carbonyl (C=O) groups is 1. The van der Waals surface area contributed by atoms with E-state index >= 15 is 0 Å². The Hall–Kier alpha value is -1.75. The molecule has 1 aromatic carbocycles. The fraction of sp³-hybridized carbons (Fsp3) is 0.167. The van der Waals surface area contributed by atoms with Gasteiger partial charge in [0.25, 0.3) is 0 Å². The molecule has 0 bridgehead atoms. The van der Waals surface area contributed by atoms with E-state index in [4.69, 9.17) is 0 Å². The first kappa shape index (κ1) is 11.7. The number of rotatable bonds is 4. The van der Waals surface area contributed by atoms with Crippen LogP contribution in [-0.2, 0) is 17.8 Å². The van der Waals surface area contributed by atoms with Gasteiger partial charge in [-0.25, -0.2) is 9.37 Å². The van der Waals surface area contributed by atoms with Gasteiger partial charge in [-0.1, -0.05) is 12.1 Å². The molecule has 0 saturated heterocycles. The number of carbonyl (C=O) groups excluding carboxylic acids is 1. The van der Waals surface area contributed by atoms with E-state index in [1.807, 2.05) is 5.38 Å². The molecular formula is C12H11FN2OS. The van der Waals surface area contributed by atoms with Gasteiger partial charge < -0.3 is 5.32 Å². The highest BCUT2D eigenvalue weighted by Crippen LogP contribution is 2.05. The Labute approximate surface area is 102 Å². The van der Waals surface area contributed by atoms with Crippen LogP contribution >= 0.6 is 11.3 Å². The molecule has 0 aliphatic rings. The van der Waals surface area contributed by atoms with Crippen LogP contribution in [0.15, 0.2) is 35.8 Å². The molecule has 0 saturated carbocycles. The number of benzene rings is 1. The van der Waals surface area contributed by atoms with Crippen molar-refractivity contribution < 1.29 is 9.18 Å². The smallest absolute Gasteiger partial charge is 0.224 e. The third kappa shape index (κ3) is 3.64. The van der Waals surface area contributed by atoms with Gasteiger partial charge in [0, 0.05) is 11.6 Å². The molecule has 0 aliphatic heterocycles. The Bertz CT molecular complexity index is 482. The number of nitrogens with zero attached hydrogens (tertiary/aromatic N) is 1. The third-order valence-corrected chi connectivity index (χ3v) is 2.98. The van der Waals surface area contributed by atoms with Gasteiger partial charge in [0.1, 0.15) is 10.8 Å². The predicted octanol–water partition coefficient (Wildman–Crippen LogP) is 2.14. The molecule has 2 aromatic rings. The zero-order valence-electron chi connectivity index (χ0n) is 9.02. The summed E-state index contributed by atoms with van der Waals surface area (Å²) in [4.78, 5) is 15.6. The summed E-state index contributed by atoms with van der Waals surface area (Å²) < 4.78 is 12.7. The average molecular weight is 250 g/mol. The second kappa shape index (κ2) is 5.54. The molecule has 0 fully saturated rings. The highest BCUT2D eigenvalue weighted by Gasteiger charge is 2.04. The molecule has 0 spiro atoms. The van der Waals surface area contributed by atoms with Gasteiger partial charge in [-0.3, -0.25) is 4.79 Å². The Balaban J connectivity index is 1.83. The summed E-state index contributed by atoms with van der Waals surface area (Å²) in [7, 11) is 0. The van der Waals surface area contributed by atoms with E-state index < -0.39 is 0 Å². The molecule has 88 valence electrons. The van der Waals surface area contributed by atoms with Gasteiger partial charge in [-0.15, -0.1) is 11.3 Å². The summed E-state index contributed by atoms with van der Waals surface area (Å²) in [5, 5.41) is 5.50. The lowest BCUT2D eigenvalue weighted by atomic mass is 10.1. The normalized spacial score (nSPS) is 10.2. The highest BCUT2D eigenvalue weighted by molar-refractivity contribution is 7.09. The lowest BCUT2D eigenvalue weighted by Gasteiger charge is -2.03. The first-order chi connectivity index (χ1) is 8.24. The summed E-state index contributed by atoms with van der Waals surface area (Å²) in [6.45, 7) is 0.442. The first-order valence-corrected chi connectivity index (χ1v) is 6.01. The van der Waals surface area contributed by atoms with Crippen LogP contribution in [0.1, 0.15) is 10.6 Å². The number of nitrogens with one attached hydrogen (secondary N) is 1. The molecule has 0 radical (unpaired) electrons. The Morgan fingerprint density at radius 1 is 1.35 bits per heavy atom. The average Bonchev–Trinajstić information content (AvgIpc) is 2.83. The molecule has 0 aliphatic carbocycles. The predicted molar refractivity (Wildman–Crippen MR) is 64.1 cm³/mol. The zero-order valence-corrected chi connectivity index (χ0v) is 9.84. The van der Waals surface area contributed by atoms with Crippen molar-refractivity contribution in [3.05, 3.63) is 52.2 Å². The van der Waals surface area contributed by atoms with Gasteiger partial charge in [0.2, 0.25) is 5.91 Å². The van der Waals surface area contributed by atoms with Crippen molar-refractivity contribution in [2.24, 2.45) is 0 Å². The van der Waals surface area contributed by atoms with E-state index in [0.717, 1.165) is 10.6 Å². The number of aromatic nitrogens is 1.